The minimum absolute atomic E-state index is 0.141. The van der Waals surface area contributed by atoms with Crippen molar-refractivity contribution in [1.82, 2.24) is 10.2 Å². The molecule has 1 N–H and O–H groups in total. The van der Waals surface area contributed by atoms with E-state index in [-0.39, 0.29) is 6.04 Å². The van der Waals surface area contributed by atoms with Crippen LogP contribution in [0.3, 0.4) is 0 Å². The van der Waals surface area contributed by atoms with Crippen molar-refractivity contribution in [3.05, 3.63) is 0 Å². The maximum absolute atomic E-state index is 12.3. The fourth-order valence-corrected chi connectivity index (χ4v) is 3.31. The normalized spacial score (nSPS) is 38.8. The van der Waals surface area contributed by atoms with E-state index in [0.29, 0.717) is 18.0 Å². The predicted molar refractivity (Wildman–Crippen MR) is 67.7 cm³/mol. The van der Waals surface area contributed by atoms with Crippen molar-refractivity contribution >= 4 is 5.91 Å². The van der Waals surface area contributed by atoms with Crippen molar-refractivity contribution in [1.29, 1.82) is 0 Å². The van der Waals surface area contributed by atoms with Crippen LogP contribution in [0.4, 0.5) is 0 Å². The van der Waals surface area contributed by atoms with Gasteiger partial charge in [0.15, 0.2) is 0 Å². The highest BCUT2D eigenvalue weighted by Gasteiger charge is 2.39. The molecule has 0 radical (unpaired) electrons. The molecule has 1 saturated heterocycles. The third kappa shape index (κ3) is 2.49. The van der Waals surface area contributed by atoms with Crippen molar-refractivity contribution < 1.29 is 4.79 Å². The molecule has 1 amide bonds. The third-order valence-corrected chi connectivity index (χ3v) is 4.68. The predicted octanol–water partition coefficient (Wildman–Crippen LogP) is 1.92. The van der Waals surface area contributed by atoms with E-state index >= 15 is 0 Å². The monoisotopic (exact) mass is 236 g/mol. The Morgan fingerprint density at radius 3 is 2.41 bits per heavy atom. The van der Waals surface area contributed by atoms with Crippen molar-refractivity contribution in [2.75, 3.05) is 6.54 Å². The van der Waals surface area contributed by atoms with Crippen molar-refractivity contribution in [3.8, 4) is 0 Å². The van der Waals surface area contributed by atoms with Gasteiger partial charge < -0.3 is 10.2 Å². The highest BCUT2D eigenvalue weighted by atomic mass is 16.2. The van der Waals surface area contributed by atoms with E-state index in [9.17, 15) is 4.79 Å². The van der Waals surface area contributed by atoms with Crippen LogP contribution in [0.5, 0.6) is 0 Å². The summed E-state index contributed by atoms with van der Waals surface area (Å²) in [6.07, 6.45) is 8.62. The summed E-state index contributed by atoms with van der Waals surface area (Å²) >= 11 is 0. The molecule has 1 atom stereocenters. The topological polar surface area (TPSA) is 32.3 Å². The molecule has 3 rings (SSSR count). The first kappa shape index (κ1) is 11.5. The zero-order valence-electron chi connectivity index (χ0n) is 10.8. The third-order valence-electron chi connectivity index (χ3n) is 4.68. The van der Waals surface area contributed by atoms with Gasteiger partial charge in [0, 0.05) is 18.6 Å². The van der Waals surface area contributed by atoms with Gasteiger partial charge in [-0.2, -0.15) is 0 Å². The molecule has 1 heterocycles. The minimum Gasteiger partial charge on any atom is -0.338 e. The number of hydrogen-bond acceptors (Lipinski definition) is 2. The highest BCUT2D eigenvalue weighted by molar-refractivity contribution is 5.84. The lowest BCUT2D eigenvalue weighted by atomic mass is 9.87. The minimum atomic E-state index is 0.141. The van der Waals surface area contributed by atoms with Gasteiger partial charge in [0.05, 0.1) is 6.04 Å². The van der Waals surface area contributed by atoms with Crippen LogP contribution in [0.25, 0.3) is 0 Å². The summed E-state index contributed by atoms with van der Waals surface area (Å²) < 4.78 is 0. The molecule has 2 aliphatic carbocycles. The molecule has 1 unspecified atom stereocenters. The van der Waals surface area contributed by atoms with Crippen molar-refractivity contribution in [3.63, 3.8) is 0 Å². The molecule has 0 bridgehead atoms. The number of likely N-dealkylation sites (tertiary alicyclic amines) is 1. The molecule has 96 valence electrons. The Hall–Kier alpha value is -0.570. The van der Waals surface area contributed by atoms with Crippen LogP contribution in [-0.2, 0) is 4.79 Å². The Morgan fingerprint density at radius 1 is 1.06 bits per heavy atom. The smallest absolute Gasteiger partial charge is 0.240 e. The Labute approximate surface area is 104 Å². The maximum Gasteiger partial charge on any atom is 0.240 e. The van der Waals surface area contributed by atoms with E-state index in [1.165, 1.54) is 38.5 Å². The zero-order chi connectivity index (χ0) is 11.8. The fourth-order valence-electron chi connectivity index (χ4n) is 3.31. The average Bonchev–Trinajstić information content (AvgIpc) is 3.07. The second-order valence-electron chi connectivity index (χ2n) is 6.23. The lowest BCUT2D eigenvalue weighted by Crippen LogP contribution is -2.44. The molecular weight excluding hydrogens is 212 g/mol. The summed E-state index contributed by atoms with van der Waals surface area (Å²) in [5.41, 5.74) is 0. The largest absolute Gasteiger partial charge is 0.338 e. The fraction of sp³-hybridized carbons (Fsp3) is 0.929. The lowest BCUT2D eigenvalue weighted by Gasteiger charge is -2.33. The van der Waals surface area contributed by atoms with Crippen molar-refractivity contribution in [2.45, 2.75) is 70.0 Å². The summed E-state index contributed by atoms with van der Waals surface area (Å²) in [4.78, 5) is 14.5. The molecule has 17 heavy (non-hydrogen) atoms. The van der Waals surface area contributed by atoms with Gasteiger partial charge in [-0.1, -0.05) is 6.92 Å². The van der Waals surface area contributed by atoms with E-state index in [0.717, 1.165) is 18.9 Å². The molecule has 3 nitrogen and oxygen atoms in total. The summed E-state index contributed by atoms with van der Waals surface area (Å²) in [5.74, 6) is 1.25. The van der Waals surface area contributed by atoms with Crippen LogP contribution in [0, 0.1) is 5.92 Å². The van der Waals surface area contributed by atoms with E-state index in [1.54, 1.807) is 0 Å². The van der Waals surface area contributed by atoms with Crippen LogP contribution in [0.15, 0.2) is 0 Å². The molecule has 3 fully saturated rings. The molecule has 3 heteroatoms. The van der Waals surface area contributed by atoms with E-state index in [2.05, 4.69) is 17.1 Å². The second kappa shape index (κ2) is 4.60. The SMILES string of the molecule is CC1CCC(N2CCC(NC3CC3)C2=O)CC1. The Morgan fingerprint density at radius 2 is 1.76 bits per heavy atom. The first-order valence-electron chi connectivity index (χ1n) is 7.30. The van der Waals surface area contributed by atoms with E-state index in [1.807, 2.05) is 0 Å². The number of amides is 1. The van der Waals surface area contributed by atoms with Gasteiger partial charge in [-0.05, 0) is 50.9 Å². The first-order chi connectivity index (χ1) is 8.24. The van der Waals surface area contributed by atoms with Crippen LogP contribution in [-0.4, -0.2) is 35.5 Å². The van der Waals surface area contributed by atoms with Gasteiger partial charge in [-0.15, -0.1) is 0 Å². The summed E-state index contributed by atoms with van der Waals surface area (Å²) in [6.45, 7) is 3.32. The number of carbonyl (C=O) groups excluding carboxylic acids is 1. The lowest BCUT2D eigenvalue weighted by molar-refractivity contribution is -0.132. The Kier molecular flexibility index (Phi) is 3.12. The van der Waals surface area contributed by atoms with Gasteiger partial charge in [0.1, 0.15) is 0 Å². The average molecular weight is 236 g/mol. The molecule has 1 aliphatic heterocycles. The van der Waals surface area contributed by atoms with E-state index in [4.69, 9.17) is 0 Å². The number of carbonyl (C=O) groups is 1. The van der Waals surface area contributed by atoms with Gasteiger partial charge >= 0.3 is 0 Å². The zero-order valence-corrected chi connectivity index (χ0v) is 10.8. The van der Waals surface area contributed by atoms with Crippen LogP contribution < -0.4 is 5.32 Å². The molecule has 3 aliphatic rings. The Bertz CT molecular complexity index is 293. The number of nitrogens with zero attached hydrogens (tertiary/aromatic N) is 1. The molecule has 0 spiro atoms. The van der Waals surface area contributed by atoms with E-state index < -0.39 is 0 Å². The quantitative estimate of drug-likeness (QED) is 0.812. The maximum atomic E-state index is 12.3. The molecule has 0 aromatic carbocycles. The number of hydrogen-bond donors (Lipinski definition) is 1. The first-order valence-corrected chi connectivity index (χ1v) is 7.30. The van der Waals surface area contributed by atoms with Crippen molar-refractivity contribution in [2.24, 2.45) is 5.92 Å². The van der Waals surface area contributed by atoms with Gasteiger partial charge in [-0.3, -0.25) is 4.79 Å². The molecular formula is C14H24N2O. The van der Waals surface area contributed by atoms with Crippen LogP contribution in [0.2, 0.25) is 0 Å². The highest BCUT2D eigenvalue weighted by Crippen LogP contribution is 2.30. The van der Waals surface area contributed by atoms with Gasteiger partial charge in [-0.25, -0.2) is 0 Å². The standard InChI is InChI=1S/C14H24N2O/c1-10-2-6-12(7-3-10)16-9-8-13(14(16)17)15-11-4-5-11/h10-13,15H,2-9H2,1H3. The molecule has 0 aromatic rings. The number of nitrogens with one attached hydrogen (secondary N) is 1. The molecule has 2 saturated carbocycles. The van der Waals surface area contributed by atoms with Gasteiger partial charge in [0.25, 0.3) is 0 Å². The summed E-state index contributed by atoms with van der Waals surface area (Å²) in [6, 6.07) is 1.34. The number of rotatable bonds is 3. The second-order valence-corrected chi connectivity index (χ2v) is 6.23. The Balaban J connectivity index is 1.55. The van der Waals surface area contributed by atoms with Crippen LogP contribution >= 0.6 is 0 Å². The summed E-state index contributed by atoms with van der Waals surface area (Å²) in [5, 5.41) is 3.49. The summed E-state index contributed by atoms with van der Waals surface area (Å²) in [7, 11) is 0. The van der Waals surface area contributed by atoms with Gasteiger partial charge in [0.2, 0.25) is 5.91 Å². The molecule has 0 aromatic heterocycles. The van der Waals surface area contributed by atoms with Crippen LogP contribution in [0.1, 0.15) is 51.9 Å².